The summed E-state index contributed by atoms with van der Waals surface area (Å²) in [6, 6.07) is 9.03. The number of nitrogens with one attached hydrogen (secondary N) is 1. The summed E-state index contributed by atoms with van der Waals surface area (Å²) in [7, 11) is 0. The van der Waals surface area contributed by atoms with Crippen LogP contribution in [0.5, 0.6) is 0 Å². The van der Waals surface area contributed by atoms with Crippen molar-refractivity contribution in [1.82, 2.24) is 5.32 Å². The quantitative estimate of drug-likeness (QED) is 0.652. The van der Waals surface area contributed by atoms with Crippen molar-refractivity contribution < 1.29 is 14.8 Å². The van der Waals surface area contributed by atoms with Gasteiger partial charge in [-0.05, 0) is 17.5 Å². The Bertz CT molecular complexity index is 613. The molecule has 1 unspecified atom stereocenters. The van der Waals surface area contributed by atoms with Gasteiger partial charge in [-0.2, -0.15) is 0 Å². The number of aliphatic hydroxyl groups excluding tert-OH is 1. The van der Waals surface area contributed by atoms with E-state index in [2.05, 4.69) is 5.32 Å². The molecular formula is C13H12N2O4S. The number of hydrogen-bond donors (Lipinski definition) is 2. The highest BCUT2D eigenvalue weighted by molar-refractivity contribution is 7.10. The lowest BCUT2D eigenvalue weighted by Crippen LogP contribution is -2.28. The van der Waals surface area contributed by atoms with Gasteiger partial charge in [0.15, 0.2) is 0 Å². The molecule has 104 valence electrons. The first kappa shape index (κ1) is 14.2. The van der Waals surface area contributed by atoms with Crippen molar-refractivity contribution in [3.8, 4) is 0 Å². The Morgan fingerprint density at radius 3 is 2.85 bits per heavy atom. The molecule has 0 aliphatic heterocycles. The summed E-state index contributed by atoms with van der Waals surface area (Å²) in [5.41, 5.74) is 0.0500. The lowest BCUT2D eigenvalue weighted by molar-refractivity contribution is -0.384. The summed E-state index contributed by atoms with van der Waals surface area (Å²) in [6.45, 7) is 0.0576. The second kappa shape index (κ2) is 6.27. The molecule has 1 aromatic carbocycles. The summed E-state index contributed by atoms with van der Waals surface area (Å²) in [5, 5.41) is 24.9. The fraction of sp³-hybridized carbons (Fsp3) is 0.154. The van der Waals surface area contributed by atoms with Gasteiger partial charge < -0.3 is 10.4 Å². The third kappa shape index (κ3) is 3.40. The van der Waals surface area contributed by atoms with Crippen LogP contribution < -0.4 is 5.32 Å². The molecule has 0 aliphatic carbocycles. The Morgan fingerprint density at radius 2 is 2.20 bits per heavy atom. The van der Waals surface area contributed by atoms with E-state index in [1.165, 1.54) is 35.6 Å². The number of carbonyl (C=O) groups excluding carboxylic acids is 1. The predicted molar refractivity (Wildman–Crippen MR) is 74.7 cm³/mol. The zero-order chi connectivity index (χ0) is 14.5. The van der Waals surface area contributed by atoms with Crippen molar-refractivity contribution in [2.75, 3.05) is 6.54 Å². The molecule has 2 rings (SSSR count). The van der Waals surface area contributed by atoms with E-state index >= 15 is 0 Å². The van der Waals surface area contributed by atoms with Crippen molar-refractivity contribution in [1.29, 1.82) is 0 Å². The number of amides is 1. The topological polar surface area (TPSA) is 92.5 Å². The SMILES string of the molecule is O=C(NCC(O)c1cccs1)c1cccc([N+](=O)[O-])c1. The van der Waals surface area contributed by atoms with Crippen LogP contribution in [0.25, 0.3) is 0 Å². The van der Waals surface area contributed by atoms with E-state index in [0.29, 0.717) is 0 Å². The molecule has 1 heterocycles. The number of non-ortho nitro benzene ring substituents is 1. The van der Waals surface area contributed by atoms with Gasteiger partial charge in [-0.25, -0.2) is 0 Å². The first-order valence-electron chi connectivity index (χ1n) is 5.82. The van der Waals surface area contributed by atoms with E-state index in [4.69, 9.17) is 0 Å². The first-order valence-corrected chi connectivity index (χ1v) is 6.70. The first-order chi connectivity index (χ1) is 9.58. The van der Waals surface area contributed by atoms with E-state index in [1.54, 1.807) is 6.07 Å². The van der Waals surface area contributed by atoms with Crippen LogP contribution in [-0.2, 0) is 0 Å². The lowest BCUT2D eigenvalue weighted by Gasteiger charge is -2.10. The zero-order valence-corrected chi connectivity index (χ0v) is 11.2. The van der Waals surface area contributed by atoms with Crippen molar-refractivity contribution >= 4 is 22.9 Å². The summed E-state index contributed by atoms with van der Waals surface area (Å²) >= 11 is 1.39. The van der Waals surface area contributed by atoms with Gasteiger partial charge >= 0.3 is 0 Å². The van der Waals surface area contributed by atoms with Crippen LogP contribution in [0.1, 0.15) is 21.3 Å². The standard InChI is InChI=1S/C13H12N2O4S/c16-11(12-5-2-6-20-12)8-14-13(17)9-3-1-4-10(7-9)15(18)19/h1-7,11,16H,8H2,(H,14,17). The third-order valence-electron chi connectivity index (χ3n) is 2.65. The van der Waals surface area contributed by atoms with Gasteiger partial charge in [-0.3, -0.25) is 14.9 Å². The monoisotopic (exact) mass is 292 g/mol. The number of nitro benzene ring substituents is 1. The normalized spacial score (nSPS) is 11.8. The van der Waals surface area contributed by atoms with Gasteiger partial charge in [0.25, 0.3) is 11.6 Å². The average Bonchev–Trinajstić information content (AvgIpc) is 2.98. The van der Waals surface area contributed by atoms with Crippen molar-refractivity contribution in [3.05, 3.63) is 62.3 Å². The molecule has 0 radical (unpaired) electrons. The maximum Gasteiger partial charge on any atom is 0.270 e. The molecule has 2 aromatic rings. The third-order valence-corrected chi connectivity index (χ3v) is 3.62. The van der Waals surface area contributed by atoms with Crippen molar-refractivity contribution in [3.63, 3.8) is 0 Å². The molecule has 0 bridgehead atoms. The van der Waals surface area contributed by atoms with Crippen LogP contribution in [0.15, 0.2) is 41.8 Å². The Labute approximate surface area is 118 Å². The van der Waals surface area contributed by atoms with Crippen molar-refractivity contribution in [2.45, 2.75) is 6.10 Å². The molecule has 1 aromatic heterocycles. The summed E-state index contributed by atoms with van der Waals surface area (Å²) in [5.74, 6) is -0.454. The molecule has 0 spiro atoms. The molecule has 0 saturated heterocycles. The number of nitrogens with zero attached hydrogens (tertiary/aromatic N) is 1. The van der Waals surface area contributed by atoms with E-state index in [-0.39, 0.29) is 17.8 Å². The number of benzene rings is 1. The molecule has 2 N–H and O–H groups in total. The minimum atomic E-state index is -0.780. The Balaban J connectivity index is 1.98. The molecule has 1 atom stereocenters. The smallest absolute Gasteiger partial charge is 0.270 e. The largest absolute Gasteiger partial charge is 0.386 e. The molecular weight excluding hydrogens is 280 g/mol. The number of thiophene rings is 1. The van der Waals surface area contributed by atoms with Crippen molar-refractivity contribution in [2.24, 2.45) is 0 Å². The number of rotatable bonds is 5. The van der Waals surface area contributed by atoms with E-state index < -0.39 is 16.9 Å². The van der Waals surface area contributed by atoms with Gasteiger partial charge in [0.05, 0.1) is 4.92 Å². The molecule has 0 aliphatic rings. The Morgan fingerprint density at radius 1 is 1.40 bits per heavy atom. The minimum absolute atomic E-state index is 0.0576. The lowest BCUT2D eigenvalue weighted by atomic mass is 10.2. The highest BCUT2D eigenvalue weighted by Crippen LogP contribution is 2.18. The fourth-order valence-electron chi connectivity index (χ4n) is 1.63. The van der Waals surface area contributed by atoms with Gasteiger partial charge in [-0.1, -0.05) is 12.1 Å². The molecule has 0 saturated carbocycles. The van der Waals surface area contributed by atoms with Gasteiger partial charge in [0, 0.05) is 29.1 Å². The summed E-state index contributed by atoms with van der Waals surface area (Å²) in [6.07, 6.45) is -0.780. The van der Waals surface area contributed by atoms with Gasteiger partial charge in [-0.15, -0.1) is 11.3 Å². The van der Waals surface area contributed by atoms with Crippen LogP contribution >= 0.6 is 11.3 Å². The highest BCUT2D eigenvalue weighted by atomic mass is 32.1. The van der Waals surface area contributed by atoms with E-state index in [0.717, 1.165) is 4.88 Å². The molecule has 20 heavy (non-hydrogen) atoms. The maximum absolute atomic E-state index is 11.9. The van der Waals surface area contributed by atoms with Crippen LogP contribution in [0.3, 0.4) is 0 Å². The Hall–Kier alpha value is -2.25. The maximum atomic E-state index is 11.9. The molecule has 0 fully saturated rings. The highest BCUT2D eigenvalue weighted by Gasteiger charge is 2.14. The van der Waals surface area contributed by atoms with Gasteiger partial charge in [0.2, 0.25) is 0 Å². The molecule has 1 amide bonds. The second-order valence-electron chi connectivity index (χ2n) is 4.05. The van der Waals surface area contributed by atoms with Crippen LogP contribution in [0, 0.1) is 10.1 Å². The average molecular weight is 292 g/mol. The van der Waals surface area contributed by atoms with Crippen LogP contribution in [0.4, 0.5) is 5.69 Å². The van der Waals surface area contributed by atoms with E-state index in [1.807, 2.05) is 11.4 Å². The summed E-state index contributed by atoms with van der Waals surface area (Å²) in [4.78, 5) is 22.7. The van der Waals surface area contributed by atoms with Gasteiger partial charge in [0.1, 0.15) is 6.10 Å². The van der Waals surface area contributed by atoms with Crippen LogP contribution in [-0.4, -0.2) is 22.5 Å². The number of hydrogen-bond acceptors (Lipinski definition) is 5. The number of aliphatic hydroxyl groups is 1. The zero-order valence-electron chi connectivity index (χ0n) is 10.4. The van der Waals surface area contributed by atoms with Crippen LogP contribution in [0.2, 0.25) is 0 Å². The number of carbonyl (C=O) groups is 1. The van der Waals surface area contributed by atoms with E-state index in [9.17, 15) is 20.0 Å². The second-order valence-corrected chi connectivity index (χ2v) is 5.03. The minimum Gasteiger partial charge on any atom is -0.386 e. The number of nitro groups is 1. The molecule has 6 nitrogen and oxygen atoms in total. The summed E-state index contributed by atoms with van der Waals surface area (Å²) < 4.78 is 0. The fourth-order valence-corrected chi connectivity index (χ4v) is 2.35. The predicted octanol–water partition coefficient (Wildman–Crippen LogP) is 2.12. The molecule has 7 heteroatoms. The Kier molecular flexibility index (Phi) is 4.44.